The van der Waals surface area contributed by atoms with E-state index < -0.39 is 0 Å². The maximum absolute atomic E-state index is 12.0. The van der Waals surface area contributed by atoms with Crippen molar-refractivity contribution in [3.63, 3.8) is 0 Å². The van der Waals surface area contributed by atoms with Crippen molar-refractivity contribution in [2.45, 2.75) is 25.4 Å². The highest BCUT2D eigenvalue weighted by Crippen LogP contribution is 2.09. The van der Waals surface area contributed by atoms with E-state index in [4.69, 9.17) is 0 Å². The van der Waals surface area contributed by atoms with E-state index in [0.29, 0.717) is 6.54 Å². The Labute approximate surface area is 120 Å². The van der Waals surface area contributed by atoms with Crippen LogP contribution in [0.5, 0.6) is 0 Å². The van der Waals surface area contributed by atoms with Crippen LogP contribution in [0.1, 0.15) is 18.4 Å². The molecule has 1 amide bonds. The standard InChI is InChI=1S/C12H17N3O.2ClH/c1-15(9-10-4-2-6-13-8-10)12(16)11-5-3-7-14-11;;/h2,4,6,8,11,14H,3,5,7,9H2,1H3;2*1H/t11-;;/m0../s1. The minimum Gasteiger partial charge on any atom is -0.340 e. The summed E-state index contributed by atoms with van der Waals surface area (Å²) in [5.74, 6) is 0.182. The highest BCUT2D eigenvalue weighted by molar-refractivity contribution is 5.85. The van der Waals surface area contributed by atoms with Gasteiger partial charge in [0.15, 0.2) is 0 Å². The summed E-state index contributed by atoms with van der Waals surface area (Å²) in [4.78, 5) is 17.8. The van der Waals surface area contributed by atoms with Gasteiger partial charge in [-0.25, -0.2) is 0 Å². The van der Waals surface area contributed by atoms with Gasteiger partial charge < -0.3 is 10.2 Å². The number of carbonyl (C=O) groups is 1. The summed E-state index contributed by atoms with van der Waals surface area (Å²) >= 11 is 0. The lowest BCUT2D eigenvalue weighted by atomic mass is 10.2. The zero-order valence-corrected chi connectivity index (χ0v) is 12.0. The van der Waals surface area contributed by atoms with E-state index in [2.05, 4.69) is 10.3 Å². The van der Waals surface area contributed by atoms with Crippen LogP contribution in [0.3, 0.4) is 0 Å². The molecular formula is C12H19Cl2N3O. The van der Waals surface area contributed by atoms with Gasteiger partial charge in [0.2, 0.25) is 5.91 Å². The summed E-state index contributed by atoms with van der Waals surface area (Å²) in [6.07, 6.45) is 5.59. The van der Waals surface area contributed by atoms with Gasteiger partial charge in [-0.3, -0.25) is 9.78 Å². The number of nitrogens with zero attached hydrogens (tertiary/aromatic N) is 2. The number of nitrogens with one attached hydrogen (secondary N) is 1. The SMILES string of the molecule is CN(Cc1cccnc1)C(=O)[C@@H]1CCCN1.Cl.Cl. The van der Waals surface area contributed by atoms with Crippen LogP contribution in [0, 0.1) is 0 Å². The second kappa shape index (κ2) is 8.29. The maximum Gasteiger partial charge on any atom is 0.239 e. The summed E-state index contributed by atoms with van der Waals surface area (Å²) in [5, 5.41) is 3.22. The second-order valence-corrected chi connectivity index (χ2v) is 4.20. The third-order valence-corrected chi connectivity index (χ3v) is 2.88. The first-order chi connectivity index (χ1) is 7.77. The molecule has 18 heavy (non-hydrogen) atoms. The van der Waals surface area contributed by atoms with Crippen molar-refractivity contribution in [2.75, 3.05) is 13.6 Å². The zero-order valence-electron chi connectivity index (χ0n) is 10.3. The zero-order chi connectivity index (χ0) is 11.4. The van der Waals surface area contributed by atoms with E-state index in [1.165, 1.54) is 0 Å². The van der Waals surface area contributed by atoms with Crippen molar-refractivity contribution in [3.05, 3.63) is 30.1 Å². The Morgan fingerprint density at radius 1 is 1.56 bits per heavy atom. The number of hydrogen-bond acceptors (Lipinski definition) is 3. The van der Waals surface area contributed by atoms with E-state index in [9.17, 15) is 4.79 Å². The molecule has 1 saturated heterocycles. The first-order valence-electron chi connectivity index (χ1n) is 5.64. The van der Waals surface area contributed by atoms with Crippen LogP contribution >= 0.6 is 24.8 Å². The molecule has 0 unspecified atom stereocenters. The Morgan fingerprint density at radius 2 is 2.33 bits per heavy atom. The van der Waals surface area contributed by atoms with Crippen LogP contribution in [-0.2, 0) is 11.3 Å². The van der Waals surface area contributed by atoms with Crippen LogP contribution < -0.4 is 5.32 Å². The molecule has 1 aliphatic rings. The van der Waals surface area contributed by atoms with Crippen molar-refractivity contribution < 1.29 is 4.79 Å². The largest absolute Gasteiger partial charge is 0.340 e. The summed E-state index contributed by atoms with van der Waals surface area (Å²) in [5.41, 5.74) is 1.07. The third kappa shape index (κ3) is 4.44. The van der Waals surface area contributed by atoms with Crippen molar-refractivity contribution >= 4 is 30.7 Å². The van der Waals surface area contributed by atoms with Crippen LogP contribution in [0.4, 0.5) is 0 Å². The molecule has 102 valence electrons. The van der Waals surface area contributed by atoms with E-state index in [0.717, 1.165) is 24.9 Å². The van der Waals surface area contributed by atoms with Gasteiger partial charge in [-0.15, -0.1) is 24.8 Å². The third-order valence-electron chi connectivity index (χ3n) is 2.88. The molecule has 2 heterocycles. The van der Waals surface area contributed by atoms with Crippen LogP contribution in [0.15, 0.2) is 24.5 Å². The number of halogens is 2. The van der Waals surface area contributed by atoms with Gasteiger partial charge in [-0.2, -0.15) is 0 Å². The lowest BCUT2D eigenvalue weighted by Crippen LogP contribution is -2.41. The molecule has 0 radical (unpaired) electrons. The number of carbonyl (C=O) groups excluding carboxylic acids is 1. The van der Waals surface area contributed by atoms with Gasteiger partial charge in [0.05, 0.1) is 6.04 Å². The maximum atomic E-state index is 12.0. The normalized spacial score (nSPS) is 17.5. The van der Waals surface area contributed by atoms with E-state index in [-0.39, 0.29) is 36.8 Å². The Kier molecular flexibility index (Phi) is 7.91. The molecule has 1 N–H and O–H groups in total. The van der Waals surface area contributed by atoms with Gasteiger partial charge in [-0.1, -0.05) is 6.07 Å². The van der Waals surface area contributed by atoms with E-state index >= 15 is 0 Å². The second-order valence-electron chi connectivity index (χ2n) is 4.20. The highest BCUT2D eigenvalue weighted by Gasteiger charge is 2.24. The average Bonchev–Trinajstić information content (AvgIpc) is 2.83. The predicted octanol–water partition coefficient (Wildman–Crippen LogP) is 1.64. The molecule has 1 aromatic heterocycles. The fraction of sp³-hybridized carbons (Fsp3) is 0.500. The molecule has 1 aliphatic heterocycles. The Balaban J connectivity index is 0.00000144. The van der Waals surface area contributed by atoms with Gasteiger partial charge in [-0.05, 0) is 31.0 Å². The molecule has 0 aliphatic carbocycles. The molecule has 1 aromatic rings. The molecule has 6 heteroatoms. The van der Waals surface area contributed by atoms with Crippen LogP contribution in [0.2, 0.25) is 0 Å². The van der Waals surface area contributed by atoms with Crippen molar-refractivity contribution in [3.8, 4) is 0 Å². The first kappa shape index (κ1) is 17.2. The lowest BCUT2D eigenvalue weighted by molar-refractivity contribution is -0.132. The minimum absolute atomic E-state index is 0. The van der Waals surface area contributed by atoms with Gasteiger partial charge >= 0.3 is 0 Å². The van der Waals surface area contributed by atoms with E-state index in [1.807, 2.05) is 19.2 Å². The molecule has 1 fully saturated rings. The van der Waals surface area contributed by atoms with Gasteiger partial charge in [0.25, 0.3) is 0 Å². The Bertz CT molecular complexity index is 356. The van der Waals surface area contributed by atoms with Gasteiger partial charge in [0.1, 0.15) is 0 Å². The summed E-state index contributed by atoms with van der Waals surface area (Å²) < 4.78 is 0. The Hall–Kier alpha value is -0.840. The first-order valence-corrected chi connectivity index (χ1v) is 5.64. The number of amides is 1. The predicted molar refractivity (Wildman–Crippen MR) is 76.2 cm³/mol. The summed E-state index contributed by atoms with van der Waals surface area (Å²) in [7, 11) is 1.84. The van der Waals surface area contributed by atoms with E-state index in [1.54, 1.807) is 17.3 Å². The van der Waals surface area contributed by atoms with Crippen LogP contribution in [-0.4, -0.2) is 35.4 Å². The molecule has 0 bridgehead atoms. The molecule has 0 saturated carbocycles. The summed E-state index contributed by atoms with van der Waals surface area (Å²) in [6, 6.07) is 3.89. The molecule has 2 rings (SSSR count). The number of pyridine rings is 1. The fourth-order valence-electron chi connectivity index (χ4n) is 2.00. The van der Waals surface area contributed by atoms with Crippen LogP contribution in [0.25, 0.3) is 0 Å². The quantitative estimate of drug-likeness (QED) is 0.921. The van der Waals surface area contributed by atoms with Crippen molar-refractivity contribution in [1.82, 2.24) is 15.2 Å². The lowest BCUT2D eigenvalue weighted by Gasteiger charge is -2.21. The minimum atomic E-state index is 0. The topological polar surface area (TPSA) is 45.2 Å². The van der Waals surface area contributed by atoms with Crippen molar-refractivity contribution in [2.24, 2.45) is 0 Å². The summed E-state index contributed by atoms with van der Waals surface area (Å²) in [6.45, 7) is 1.59. The molecular weight excluding hydrogens is 273 g/mol. The molecule has 0 aromatic carbocycles. The average molecular weight is 292 g/mol. The van der Waals surface area contributed by atoms with Crippen molar-refractivity contribution in [1.29, 1.82) is 0 Å². The molecule has 4 nitrogen and oxygen atoms in total. The number of likely N-dealkylation sites (N-methyl/N-ethyl adjacent to an activating group) is 1. The highest BCUT2D eigenvalue weighted by atomic mass is 35.5. The smallest absolute Gasteiger partial charge is 0.239 e. The molecule has 0 spiro atoms. The number of rotatable bonds is 3. The molecule has 1 atom stereocenters. The monoisotopic (exact) mass is 291 g/mol. The number of aromatic nitrogens is 1. The number of hydrogen-bond donors (Lipinski definition) is 1. The van der Waals surface area contributed by atoms with Gasteiger partial charge in [0, 0.05) is 26.0 Å². The fourth-order valence-corrected chi connectivity index (χ4v) is 2.00. The Morgan fingerprint density at radius 3 is 2.89 bits per heavy atom.